The average molecular weight is 335 g/mol. The van der Waals surface area contributed by atoms with Gasteiger partial charge in [0.1, 0.15) is 0 Å². The maximum atomic E-state index is 13.2. The molecule has 132 valence electrons. The molecule has 3 aliphatic heterocycles. The van der Waals surface area contributed by atoms with E-state index >= 15 is 0 Å². The van der Waals surface area contributed by atoms with Gasteiger partial charge in [0, 0.05) is 56.8 Å². The van der Waals surface area contributed by atoms with Gasteiger partial charge < -0.3 is 19.5 Å². The van der Waals surface area contributed by atoms with Crippen LogP contribution in [0.5, 0.6) is 0 Å². The van der Waals surface area contributed by atoms with E-state index in [0.29, 0.717) is 45.0 Å². The van der Waals surface area contributed by atoms with Crippen LogP contribution in [0, 0.1) is 18.8 Å². The standard InChI is InChI=1S/C17H25N3O4/c1-11-13(7-18-19(11)2)16(21)20-8-12-9-24-6-4-17(12,22)14-10-23-5-3-15(14)20/h7,12,14-15,22H,3-6,8-10H2,1-2H3/t12-,14+,15-,17-/m1/s1. The first-order valence-corrected chi connectivity index (χ1v) is 8.70. The van der Waals surface area contributed by atoms with Crippen LogP contribution in [0.4, 0.5) is 0 Å². The van der Waals surface area contributed by atoms with E-state index in [1.54, 1.807) is 10.9 Å². The van der Waals surface area contributed by atoms with E-state index in [2.05, 4.69) is 5.10 Å². The van der Waals surface area contributed by atoms with Gasteiger partial charge in [-0.05, 0) is 13.3 Å². The van der Waals surface area contributed by atoms with Crippen molar-refractivity contribution in [2.75, 3.05) is 33.0 Å². The number of amides is 1. The number of ether oxygens (including phenoxy) is 2. The van der Waals surface area contributed by atoms with Gasteiger partial charge in [0.15, 0.2) is 0 Å². The van der Waals surface area contributed by atoms with E-state index in [-0.39, 0.29) is 23.8 Å². The zero-order valence-electron chi connectivity index (χ0n) is 14.3. The van der Waals surface area contributed by atoms with Gasteiger partial charge in [-0.1, -0.05) is 0 Å². The van der Waals surface area contributed by atoms with Crippen molar-refractivity contribution in [2.45, 2.75) is 31.4 Å². The quantitative estimate of drug-likeness (QED) is 0.802. The van der Waals surface area contributed by atoms with E-state index in [1.807, 2.05) is 18.9 Å². The van der Waals surface area contributed by atoms with Gasteiger partial charge in [0.25, 0.3) is 5.91 Å². The molecule has 1 N–H and O–H groups in total. The molecule has 0 aliphatic carbocycles. The summed E-state index contributed by atoms with van der Waals surface area (Å²) in [6.07, 6.45) is 3.03. The highest BCUT2D eigenvalue weighted by Crippen LogP contribution is 2.44. The molecule has 3 fully saturated rings. The zero-order chi connectivity index (χ0) is 16.9. The second-order valence-corrected chi connectivity index (χ2v) is 7.28. The molecule has 0 radical (unpaired) electrons. The number of aliphatic hydroxyl groups is 1. The SMILES string of the molecule is Cc1c(C(=O)N2C[C@@H]3COCC[C@]3(O)[C@H]3COCC[C@H]32)cnn1C. The maximum Gasteiger partial charge on any atom is 0.257 e. The average Bonchev–Trinajstić information content (AvgIpc) is 2.93. The van der Waals surface area contributed by atoms with Crippen molar-refractivity contribution >= 4 is 5.91 Å². The molecule has 24 heavy (non-hydrogen) atoms. The number of piperidine rings is 1. The normalized spacial score (nSPS) is 36.1. The number of aryl methyl sites for hydroxylation is 1. The predicted molar refractivity (Wildman–Crippen MR) is 85.6 cm³/mol. The molecule has 0 spiro atoms. The van der Waals surface area contributed by atoms with Crippen LogP contribution < -0.4 is 0 Å². The fourth-order valence-corrected chi connectivity index (χ4v) is 4.56. The Morgan fingerprint density at radius 3 is 2.92 bits per heavy atom. The predicted octanol–water partition coefficient (Wildman–Crippen LogP) is 0.357. The van der Waals surface area contributed by atoms with E-state index in [1.165, 1.54) is 0 Å². The Bertz CT molecular complexity index is 646. The Kier molecular flexibility index (Phi) is 3.89. The fraction of sp³-hybridized carbons (Fsp3) is 0.765. The molecule has 0 unspecified atom stereocenters. The summed E-state index contributed by atoms with van der Waals surface area (Å²) in [4.78, 5) is 15.1. The number of hydrogen-bond donors (Lipinski definition) is 1. The fourth-order valence-electron chi connectivity index (χ4n) is 4.56. The molecule has 0 aromatic carbocycles. The van der Waals surface area contributed by atoms with Crippen LogP contribution in [0.25, 0.3) is 0 Å². The van der Waals surface area contributed by atoms with Crippen molar-refractivity contribution in [3.63, 3.8) is 0 Å². The van der Waals surface area contributed by atoms with Crippen molar-refractivity contribution in [1.29, 1.82) is 0 Å². The lowest BCUT2D eigenvalue weighted by atomic mass is 9.66. The molecule has 0 saturated carbocycles. The van der Waals surface area contributed by atoms with Gasteiger partial charge in [-0.3, -0.25) is 9.48 Å². The van der Waals surface area contributed by atoms with Crippen molar-refractivity contribution < 1.29 is 19.4 Å². The largest absolute Gasteiger partial charge is 0.389 e. The Morgan fingerprint density at radius 2 is 2.17 bits per heavy atom. The van der Waals surface area contributed by atoms with Crippen molar-refractivity contribution in [3.05, 3.63) is 17.5 Å². The summed E-state index contributed by atoms with van der Waals surface area (Å²) in [5, 5.41) is 15.5. The molecule has 4 heterocycles. The van der Waals surface area contributed by atoms with Crippen LogP contribution in [0.1, 0.15) is 28.9 Å². The summed E-state index contributed by atoms with van der Waals surface area (Å²) in [6, 6.07) is 0.0187. The molecule has 7 nitrogen and oxygen atoms in total. The summed E-state index contributed by atoms with van der Waals surface area (Å²) >= 11 is 0. The van der Waals surface area contributed by atoms with Crippen LogP contribution in [-0.2, 0) is 16.5 Å². The third kappa shape index (κ3) is 2.29. The van der Waals surface area contributed by atoms with Gasteiger partial charge in [-0.25, -0.2) is 0 Å². The molecular formula is C17H25N3O4. The van der Waals surface area contributed by atoms with Crippen molar-refractivity contribution in [1.82, 2.24) is 14.7 Å². The van der Waals surface area contributed by atoms with Crippen LogP contribution >= 0.6 is 0 Å². The minimum Gasteiger partial charge on any atom is -0.389 e. The topological polar surface area (TPSA) is 76.8 Å². The summed E-state index contributed by atoms with van der Waals surface area (Å²) in [6.45, 7) is 4.65. The number of rotatable bonds is 1. The van der Waals surface area contributed by atoms with Crippen molar-refractivity contribution in [2.24, 2.45) is 18.9 Å². The molecule has 1 aromatic heterocycles. The summed E-state index contributed by atoms with van der Waals surface area (Å²) < 4.78 is 13.0. The van der Waals surface area contributed by atoms with Crippen LogP contribution in [0.15, 0.2) is 6.20 Å². The molecule has 0 bridgehead atoms. The number of carbonyl (C=O) groups excluding carboxylic acids is 1. The van der Waals surface area contributed by atoms with Gasteiger partial charge in [0.2, 0.25) is 0 Å². The number of nitrogens with zero attached hydrogens (tertiary/aromatic N) is 3. The lowest BCUT2D eigenvalue weighted by molar-refractivity contribution is -0.212. The van der Waals surface area contributed by atoms with Gasteiger partial charge >= 0.3 is 0 Å². The smallest absolute Gasteiger partial charge is 0.257 e. The first kappa shape index (κ1) is 16.1. The highest BCUT2D eigenvalue weighted by atomic mass is 16.5. The second-order valence-electron chi connectivity index (χ2n) is 7.28. The molecule has 7 heteroatoms. The lowest BCUT2D eigenvalue weighted by Gasteiger charge is -2.57. The molecule has 1 aromatic rings. The number of hydrogen-bond acceptors (Lipinski definition) is 5. The number of fused-ring (bicyclic) bond motifs is 3. The molecular weight excluding hydrogens is 310 g/mol. The maximum absolute atomic E-state index is 13.2. The minimum atomic E-state index is -0.788. The van der Waals surface area contributed by atoms with E-state index < -0.39 is 5.60 Å². The van der Waals surface area contributed by atoms with E-state index in [0.717, 1.165) is 12.1 Å². The summed E-state index contributed by atoms with van der Waals surface area (Å²) in [7, 11) is 1.84. The third-order valence-corrected chi connectivity index (χ3v) is 6.18. The number of aromatic nitrogens is 2. The third-order valence-electron chi connectivity index (χ3n) is 6.18. The first-order valence-electron chi connectivity index (χ1n) is 8.70. The van der Waals surface area contributed by atoms with E-state index in [4.69, 9.17) is 9.47 Å². The van der Waals surface area contributed by atoms with Crippen LogP contribution in [-0.4, -0.2) is 70.3 Å². The second kappa shape index (κ2) is 5.82. The monoisotopic (exact) mass is 335 g/mol. The Hall–Kier alpha value is -1.44. The van der Waals surface area contributed by atoms with Gasteiger partial charge in [0.05, 0.1) is 30.6 Å². The Labute approximate surface area is 141 Å². The molecule has 3 saturated heterocycles. The van der Waals surface area contributed by atoms with Gasteiger partial charge in [-0.15, -0.1) is 0 Å². The first-order chi connectivity index (χ1) is 11.5. The molecule has 1 amide bonds. The highest BCUT2D eigenvalue weighted by Gasteiger charge is 2.56. The summed E-state index contributed by atoms with van der Waals surface area (Å²) in [5.41, 5.74) is 0.721. The number of carbonyl (C=O) groups is 1. The van der Waals surface area contributed by atoms with Crippen molar-refractivity contribution in [3.8, 4) is 0 Å². The van der Waals surface area contributed by atoms with Crippen LogP contribution in [0.2, 0.25) is 0 Å². The molecule has 4 atom stereocenters. The van der Waals surface area contributed by atoms with Crippen LogP contribution in [0.3, 0.4) is 0 Å². The highest BCUT2D eigenvalue weighted by molar-refractivity contribution is 5.95. The Balaban J connectivity index is 1.68. The molecule has 3 aliphatic rings. The lowest BCUT2D eigenvalue weighted by Crippen LogP contribution is -2.68. The van der Waals surface area contributed by atoms with E-state index in [9.17, 15) is 9.90 Å². The summed E-state index contributed by atoms with van der Waals surface area (Å²) in [5.74, 6) is -0.102. The minimum absolute atomic E-state index is 0.00474. The van der Waals surface area contributed by atoms with Gasteiger partial charge in [-0.2, -0.15) is 5.10 Å². The molecule has 4 rings (SSSR count). The zero-order valence-corrected chi connectivity index (χ0v) is 14.3. The number of likely N-dealkylation sites (tertiary alicyclic amines) is 1. The Morgan fingerprint density at radius 1 is 1.38 bits per heavy atom.